The second-order valence-corrected chi connectivity index (χ2v) is 14.8. The van der Waals surface area contributed by atoms with E-state index in [2.05, 4.69) is 26.1 Å². The predicted molar refractivity (Wildman–Crippen MR) is 118 cm³/mol. The molecule has 0 rings (SSSR count). The summed E-state index contributed by atoms with van der Waals surface area (Å²) < 4.78 is 22.2. The van der Waals surface area contributed by atoms with Crippen LogP contribution in [0.25, 0.3) is 0 Å². The van der Waals surface area contributed by atoms with Crippen LogP contribution < -0.4 is 5.32 Å². The van der Waals surface area contributed by atoms with Crippen molar-refractivity contribution in [3.63, 3.8) is 0 Å². The molecular weight excluding hydrogens is 422 g/mol. The van der Waals surface area contributed by atoms with Crippen LogP contribution in [0, 0.1) is 0 Å². The smallest absolute Gasteiger partial charge is 0.408 e. The Morgan fingerprint density at radius 1 is 0.935 bits per heavy atom. The van der Waals surface area contributed by atoms with E-state index in [9.17, 15) is 19.2 Å². The van der Waals surface area contributed by atoms with Crippen molar-refractivity contribution in [2.75, 3.05) is 0 Å². The number of amides is 1. The average Bonchev–Trinajstić information content (AvgIpc) is 2.52. The van der Waals surface area contributed by atoms with E-state index in [4.69, 9.17) is 18.6 Å². The molecule has 0 unspecified atom stereocenters. The predicted octanol–water partition coefficient (Wildman–Crippen LogP) is 3.35. The van der Waals surface area contributed by atoms with Gasteiger partial charge in [-0.1, -0.05) is 20.8 Å². The molecule has 0 aromatic heterocycles. The first-order valence-corrected chi connectivity index (χ1v) is 13.2. The molecule has 1 amide bonds. The van der Waals surface area contributed by atoms with Gasteiger partial charge in [-0.15, -0.1) is 0 Å². The van der Waals surface area contributed by atoms with E-state index < -0.39 is 56.3 Å². The zero-order valence-electron chi connectivity index (χ0n) is 20.7. The van der Waals surface area contributed by atoms with Gasteiger partial charge >= 0.3 is 18.0 Å². The molecule has 0 aliphatic heterocycles. The van der Waals surface area contributed by atoms with Crippen LogP contribution in [0.1, 0.15) is 62.3 Å². The van der Waals surface area contributed by atoms with Gasteiger partial charge in [0.25, 0.3) is 0 Å². The van der Waals surface area contributed by atoms with Crippen LogP contribution in [0.5, 0.6) is 0 Å². The minimum Gasteiger partial charge on any atom is -0.457 e. The first-order valence-electron chi connectivity index (χ1n) is 10.3. The number of esters is 2. The number of hydrogen-bond donors (Lipinski definition) is 1. The molecule has 0 aliphatic carbocycles. The third-order valence-electron chi connectivity index (χ3n) is 4.88. The number of carbonyl (C=O) groups excluding carboxylic acids is 4. The molecule has 0 bridgehead atoms. The lowest BCUT2D eigenvalue weighted by Crippen LogP contribution is -2.60. The SMILES string of the molecule is CC(=O)O[C@@H]([C@H](NC(=O)OC(C)(C)C)[C@@H](C=O)OC(C)=O)[C@@H](C)O[Si](C)(C)C(C)(C)C. The Morgan fingerprint density at radius 3 is 1.77 bits per heavy atom. The van der Waals surface area contributed by atoms with Crippen molar-refractivity contribution < 1.29 is 37.8 Å². The molecule has 1 N–H and O–H groups in total. The minimum absolute atomic E-state index is 0.143. The van der Waals surface area contributed by atoms with Crippen molar-refractivity contribution >= 4 is 32.6 Å². The van der Waals surface area contributed by atoms with Gasteiger partial charge in [0.15, 0.2) is 26.8 Å². The molecule has 0 saturated carbocycles. The molecular formula is C21H39NO8Si. The van der Waals surface area contributed by atoms with Crippen LogP contribution in [0.3, 0.4) is 0 Å². The van der Waals surface area contributed by atoms with E-state index in [-0.39, 0.29) is 5.04 Å². The normalized spacial score (nSPS) is 16.4. The summed E-state index contributed by atoms with van der Waals surface area (Å²) in [6.45, 7) is 19.3. The summed E-state index contributed by atoms with van der Waals surface area (Å²) in [4.78, 5) is 47.7. The Kier molecular flexibility index (Phi) is 10.4. The van der Waals surface area contributed by atoms with Crippen molar-refractivity contribution in [1.29, 1.82) is 0 Å². The Labute approximate surface area is 186 Å². The Hall–Kier alpha value is -1.94. The van der Waals surface area contributed by atoms with Crippen LogP contribution in [-0.4, -0.2) is 62.6 Å². The van der Waals surface area contributed by atoms with Gasteiger partial charge in [0, 0.05) is 13.8 Å². The maximum absolute atomic E-state index is 12.5. The molecule has 0 saturated heterocycles. The third-order valence-corrected chi connectivity index (χ3v) is 9.45. The van der Waals surface area contributed by atoms with E-state index in [1.54, 1.807) is 27.7 Å². The highest BCUT2D eigenvalue weighted by atomic mass is 28.4. The number of carbonyl (C=O) groups is 4. The van der Waals surface area contributed by atoms with Crippen LogP contribution in [-0.2, 0) is 33.0 Å². The average molecular weight is 462 g/mol. The van der Waals surface area contributed by atoms with Gasteiger partial charge in [-0.25, -0.2) is 4.79 Å². The van der Waals surface area contributed by atoms with Crippen LogP contribution in [0.2, 0.25) is 18.1 Å². The Morgan fingerprint density at radius 2 is 1.42 bits per heavy atom. The molecule has 0 radical (unpaired) electrons. The van der Waals surface area contributed by atoms with Gasteiger partial charge in [0.2, 0.25) is 0 Å². The second kappa shape index (κ2) is 11.1. The molecule has 0 spiro atoms. The van der Waals surface area contributed by atoms with Crippen molar-refractivity contribution in [3.8, 4) is 0 Å². The summed E-state index contributed by atoms with van der Waals surface area (Å²) >= 11 is 0. The van der Waals surface area contributed by atoms with Crippen molar-refractivity contribution in [1.82, 2.24) is 5.32 Å². The fraction of sp³-hybridized carbons (Fsp3) is 0.810. The number of aldehydes is 1. The highest BCUT2D eigenvalue weighted by Gasteiger charge is 2.45. The minimum atomic E-state index is -2.31. The molecule has 10 heteroatoms. The number of rotatable bonds is 9. The number of alkyl carbamates (subject to hydrolysis) is 1. The zero-order chi connectivity index (χ0) is 24.8. The lowest BCUT2D eigenvalue weighted by Gasteiger charge is -2.42. The Balaban J connectivity index is 6.14. The van der Waals surface area contributed by atoms with Gasteiger partial charge in [-0.3, -0.25) is 14.4 Å². The summed E-state index contributed by atoms with van der Waals surface area (Å²) in [6, 6.07) is -1.22. The van der Waals surface area contributed by atoms with Gasteiger partial charge in [-0.2, -0.15) is 0 Å². The summed E-state index contributed by atoms with van der Waals surface area (Å²) in [5.41, 5.74) is -0.813. The zero-order valence-corrected chi connectivity index (χ0v) is 21.7. The van der Waals surface area contributed by atoms with Gasteiger partial charge in [0.05, 0.1) is 6.10 Å². The summed E-state index contributed by atoms with van der Waals surface area (Å²) in [6.07, 6.45) is -3.73. The topological polar surface area (TPSA) is 117 Å². The number of ether oxygens (including phenoxy) is 3. The quantitative estimate of drug-likeness (QED) is 0.240. The van der Waals surface area contributed by atoms with E-state index >= 15 is 0 Å². The molecule has 0 aromatic carbocycles. The maximum Gasteiger partial charge on any atom is 0.408 e. The molecule has 0 heterocycles. The molecule has 0 aromatic rings. The van der Waals surface area contributed by atoms with Gasteiger partial charge in [-0.05, 0) is 45.8 Å². The number of nitrogens with one attached hydrogen (secondary N) is 1. The van der Waals surface area contributed by atoms with Crippen LogP contribution in [0.4, 0.5) is 4.79 Å². The standard InChI is InChI=1S/C21H39NO8Si/c1-13(30-31(10,11)21(7,8)9)18(28-15(3)25)17(16(12-23)27-14(2)24)22-19(26)29-20(4,5)6/h12-13,16-18H,1-11H3,(H,22,26)/t13-,16-,17-,18-/m1/s1. The van der Waals surface area contributed by atoms with Crippen molar-refractivity contribution in [2.24, 2.45) is 0 Å². The summed E-state index contributed by atoms with van der Waals surface area (Å²) in [5, 5.41) is 2.39. The largest absolute Gasteiger partial charge is 0.457 e. The molecule has 9 nitrogen and oxygen atoms in total. The van der Waals surface area contributed by atoms with Crippen molar-refractivity contribution in [3.05, 3.63) is 0 Å². The summed E-state index contributed by atoms with van der Waals surface area (Å²) in [5.74, 6) is -1.37. The molecule has 0 aliphatic rings. The van der Waals surface area contributed by atoms with Crippen molar-refractivity contribution in [2.45, 2.75) is 110 Å². The van der Waals surface area contributed by atoms with E-state index in [1.165, 1.54) is 6.92 Å². The fourth-order valence-corrected chi connectivity index (χ4v) is 3.95. The van der Waals surface area contributed by atoms with E-state index in [0.717, 1.165) is 6.92 Å². The number of hydrogen-bond acceptors (Lipinski definition) is 8. The lowest BCUT2D eigenvalue weighted by molar-refractivity contribution is -0.163. The maximum atomic E-state index is 12.5. The second-order valence-electron chi connectivity index (χ2n) is 10.0. The molecule has 4 atom stereocenters. The first kappa shape index (κ1) is 29.1. The van der Waals surface area contributed by atoms with E-state index in [0.29, 0.717) is 6.29 Å². The highest BCUT2D eigenvalue weighted by molar-refractivity contribution is 6.74. The first-order chi connectivity index (χ1) is 13.8. The Bertz CT molecular complexity index is 651. The molecule has 0 fully saturated rings. The molecule has 31 heavy (non-hydrogen) atoms. The van der Waals surface area contributed by atoms with Gasteiger partial charge in [0.1, 0.15) is 11.6 Å². The van der Waals surface area contributed by atoms with Gasteiger partial charge < -0.3 is 24.0 Å². The monoisotopic (exact) mass is 461 g/mol. The third kappa shape index (κ3) is 10.3. The lowest BCUT2D eigenvalue weighted by atomic mass is 10.0. The fourth-order valence-electron chi connectivity index (χ4n) is 2.53. The van der Waals surface area contributed by atoms with Crippen LogP contribution in [0.15, 0.2) is 0 Å². The van der Waals surface area contributed by atoms with E-state index in [1.807, 2.05) is 13.1 Å². The van der Waals surface area contributed by atoms with Crippen LogP contribution >= 0.6 is 0 Å². The summed E-state index contributed by atoms with van der Waals surface area (Å²) in [7, 11) is -2.31. The highest BCUT2D eigenvalue weighted by Crippen LogP contribution is 2.38. The molecule has 180 valence electrons.